The second-order valence-corrected chi connectivity index (χ2v) is 5.70. The molecule has 3 rings (SSSR count). The molecule has 110 valence electrons. The fourth-order valence-electron chi connectivity index (χ4n) is 3.01. The van der Waals surface area contributed by atoms with Gasteiger partial charge in [-0.05, 0) is 12.1 Å². The zero-order valence-electron chi connectivity index (χ0n) is 11.7. The zero-order chi connectivity index (χ0) is 13.9. The minimum absolute atomic E-state index is 0.132. The molecule has 0 bridgehead atoms. The molecule has 0 aliphatic carbocycles. The quantitative estimate of drug-likeness (QED) is 0.893. The number of rotatable bonds is 3. The van der Waals surface area contributed by atoms with Crippen LogP contribution in [0, 0.1) is 11.7 Å². The third-order valence-electron chi connectivity index (χ3n) is 4.31. The SMILES string of the molecule is NC1COCC1CN1CCN(c2ccccc2F)CC1. The van der Waals surface area contributed by atoms with Crippen LogP contribution in [0.2, 0.25) is 0 Å². The Balaban J connectivity index is 1.53. The summed E-state index contributed by atoms with van der Waals surface area (Å²) in [5.41, 5.74) is 6.74. The molecule has 0 radical (unpaired) electrons. The standard InChI is InChI=1S/C15H22FN3O/c16-13-3-1-2-4-15(13)19-7-5-18(6-8-19)9-12-10-20-11-14(12)17/h1-4,12,14H,5-11,17H2. The fraction of sp³-hybridized carbons (Fsp3) is 0.600. The van der Waals surface area contributed by atoms with Crippen LogP contribution in [-0.2, 0) is 4.74 Å². The van der Waals surface area contributed by atoms with Gasteiger partial charge in [-0.2, -0.15) is 0 Å². The molecule has 4 nitrogen and oxygen atoms in total. The number of hydrogen-bond donors (Lipinski definition) is 1. The number of piperazine rings is 1. The van der Waals surface area contributed by atoms with Crippen molar-refractivity contribution in [2.24, 2.45) is 11.7 Å². The van der Waals surface area contributed by atoms with Crippen molar-refractivity contribution >= 4 is 5.69 Å². The highest BCUT2D eigenvalue weighted by molar-refractivity contribution is 5.47. The first kappa shape index (κ1) is 13.8. The maximum atomic E-state index is 13.8. The molecule has 5 heteroatoms. The average Bonchev–Trinajstić information content (AvgIpc) is 2.86. The van der Waals surface area contributed by atoms with E-state index in [1.165, 1.54) is 6.07 Å². The van der Waals surface area contributed by atoms with E-state index < -0.39 is 0 Å². The molecule has 0 spiro atoms. The molecule has 0 saturated carbocycles. The first-order valence-corrected chi connectivity index (χ1v) is 7.29. The summed E-state index contributed by atoms with van der Waals surface area (Å²) >= 11 is 0. The maximum Gasteiger partial charge on any atom is 0.146 e. The van der Waals surface area contributed by atoms with Crippen LogP contribution < -0.4 is 10.6 Å². The lowest BCUT2D eigenvalue weighted by molar-refractivity contribution is 0.164. The summed E-state index contributed by atoms with van der Waals surface area (Å²) in [7, 11) is 0. The predicted octanol–water partition coefficient (Wildman–Crippen LogP) is 0.921. The van der Waals surface area contributed by atoms with E-state index in [0.29, 0.717) is 18.2 Å². The molecule has 2 aliphatic rings. The number of nitrogens with zero attached hydrogens (tertiary/aromatic N) is 2. The fourth-order valence-corrected chi connectivity index (χ4v) is 3.01. The summed E-state index contributed by atoms with van der Waals surface area (Å²) in [6.45, 7) is 6.09. The number of anilines is 1. The molecule has 20 heavy (non-hydrogen) atoms. The van der Waals surface area contributed by atoms with Gasteiger partial charge in [0.05, 0.1) is 18.9 Å². The summed E-state index contributed by atoms with van der Waals surface area (Å²) in [6, 6.07) is 7.16. The van der Waals surface area contributed by atoms with Crippen molar-refractivity contribution in [3.8, 4) is 0 Å². The monoisotopic (exact) mass is 279 g/mol. The van der Waals surface area contributed by atoms with Crippen molar-refractivity contribution in [2.75, 3.05) is 50.8 Å². The van der Waals surface area contributed by atoms with E-state index in [-0.39, 0.29) is 11.9 Å². The lowest BCUT2D eigenvalue weighted by atomic mass is 10.0. The van der Waals surface area contributed by atoms with Gasteiger partial charge in [-0.25, -0.2) is 4.39 Å². The second kappa shape index (κ2) is 6.08. The van der Waals surface area contributed by atoms with Crippen LogP contribution in [0.15, 0.2) is 24.3 Å². The molecule has 2 unspecified atom stereocenters. The molecule has 2 saturated heterocycles. The van der Waals surface area contributed by atoms with Gasteiger partial charge in [0.2, 0.25) is 0 Å². The van der Waals surface area contributed by atoms with E-state index in [9.17, 15) is 4.39 Å². The molecule has 0 aromatic heterocycles. The first-order chi connectivity index (χ1) is 9.74. The topological polar surface area (TPSA) is 41.7 Å². The van der Waals surface area contributed by atoms with Crippen molar-refractivity contribution in [2.45, 2.75) is 6.04 Å². The van der Waals surface area contributed by atoms with Gasteiger partial charge in [-0.1, -0.05) is 12.1 Å². The molecular formula is C15H22FN3O. The Bertz CT molecular complexity index is 448. The van der Waals surface area contributed by atoms with Gasteiger partial charge in [0.15, 0.2) is 0 Å². The van der Waals surface area contributed by atoms with Crippen molar-refractivity contribution in [3.05, 3.63) is 30.1 Å². The summed E-state index contributed by atoms with van der Waals surface area (Å²) < 4.78 is 19.2. The van der Waals surface area contributed by atoms with Gasteiger partial charge in [-0.15, -0.1) is 0 Å². The van der Waals surface area contributed by atoms with Gasteiger partial charge < -0.3 is 15.4 Å². The van der Waals surface area contributed by atoms with Crippen molar-refractivity contribution in [1.82, 2.24) is 4.90 Å². The molecule has 1 aromatic carbocycles. The highest BCUT2D eigenvalue weighted by atomic mass is 19.1. The largest absolute Gasteiger partial charge is 0.379 e. The summed E-state index contributed by atoms with van der Waals surface area (Å²) in [5, 5.41) is 0. The van der Waals surface area contributed by atoms with E-state index in [4.69, 9.17) is 10.5 Å². The van der Waals surface area contributed by atoms with Crippen molar-refractivity contribution < 1.29 is 9.13 Å². The average molecular weight is 279 g/mol. The van der Waals surface area contributed by atoms with Crippen LogP contribution in [0.4, 0.5) is 10.1 Å². The van der Waals surface area contributed by atoms with Crippen LogP contribution in [0.1, 0.15) is 0 Å². The number of halogens is 1. The Labute approximate surface area is 119 Å². The van der Waals surface area contributed by atoms with Crippen LogP contribution in [0.5, 0.6) is 0 Å². The Hall–Kier alpha value is -1.17. The van der Waals surface area contributed by atoms with Gasteiger partial charge in [-0.3, -0.25) is 4.90 Å². The normalized spacial score (nSPS) is 28.0. The van der Waals surface area contributed by atoms with Crippen molar-refractivity contribution in [3.63, 3.8) is 0 Å². The number of para-hydroxylation sites is 1. The summed E-state index contributed by atoms with van der Waals surface area (Å²) in [5.74, 6) is 0.308. The van der Waals surface area contributed by atoms with E-state index >= 15 is 0 Å². The molecule has 2 aliphatic heterocycles. The molecule has 2 heterocycles. The first-order valence-electron chi connectivity index (χ1n) is 7.29. The number of ether oxygens (including phenoxy) is 1. The number of hydrogen-bond acceptors (Lipinski definition) is 4. The van der Waals surface area contributed by atoms with Gasteiger partial charge >= 0.3 is 0 Å². The van der Waals surface area contributed by atoms with Gasteiger partial charge in [0.25, 0.3) is 0 Å². The summed E-state index contributed by atoms with van der Waals surface area (Å²) in [4.78, 5) is 4.54. The molecule has 2 fully saturated rings. The third-order valence-corrected chi connectivity index (χ3v) is 4.31. The minimum Gasteiger partial charge on any atom is -0.379 e. The zero-order valence-corrected chi connectivity index (χ0v) is 11.7. The third kappa shape index (κ3) is 2.95. The summed E-state index contributed by atoms with van der Waals surface area (Å²) in [6.07, 6.45) is 0. The lowest BCUT2D eigenvalue weighted by Gasteiger charge is -2.37. The van der Waals surface area contributed by atoms with Crippen LogP contribution >= 0.6 is 0 Å². The molecule has 0 amide bonds. The minimum atomic E-state index is -0.132. The van der Waals surface area contributed by atoms with Crippen LogP contribution in [0.3, 0.4) is 0 Å². The highest BCUT2D eigenvalue weighted by Gasteiger charge is 2.28. The predicted molar refractivity (Wildman–Crippen MR) is 77.3 cm³/mol. The number of nitrogens with two attached hydrogens (primary N) is 1. The maximum absolute atomic E-state index is 13.8. The van der Waals surface area contributed by atoms with Gasteiger partial charge in [0.1, 0.15) is 5.82 Å². The molecule has 2 atom stereocenters. The Morgan fingerprint density at radius 1 is 1.15 bits per heavy atom. The molecular weight excluding hydrogens is 257 g/mol. The lowest BCUT2D eigenvalue weighted by Crippen LogP contribution is -2.49. The number of benzene rings is 1. The highest BCUT2D eigenvalue weighted by Crippen LogP contribution is 2.21. The Kier molecular flexibility index (Phi) is 4.19. The smallest absolute Gasteiger partial charge is 0.146 e. The van der Waals surface area contributed by atoms with E-state index in [2.05, 4.69) is 9.80 Å². The Morgan fingerprint density at radius 3 is 2.55 bits per heavy atom. The van der Waals surface area contributed by atoms with E-state index in [1.807, 2.05) is 12.1 Å². The van der Waals surface area contributed by atoms with E-state index in [0.717, 1.165) is 39.3 Å². The second-order valence-electron chi connectivity index (χ2n) is 5.70. The Morgan fingerprint density at radius 2 is 1.90 bits per heavy atom. The van der Waals surface area contributed by atoms with Crippen LogP contribution in [-0.4, -0.2) is 56.9 Å². The van der Waals surface area contributed by atoms with Gasteiger partial charge in [0, 0.05) is 44.7 Å². The van der Waals surface area contributed by atoms with E-state index in [1.54, 1.807) is 6.07 Å². The van der Waals surface area contributed by atoms with Crippen molar-refractivity contribution in [1.29, 1.82) is 0 Å². The van der Waals surface area contributed by atoms with Crippen LogP contribution in [0.25, 0.3) is 0 Å². The molecule has 2 N–H and O–H groups in total. The molecule has 1 aromatic rings.